The molecular formula is C23H18O5S2. The van der Waals surface area contributed by atoms with E-state index in [4.69, 9.17) is 8.92 Å². The van der Waals surface area contributed by atoms with Crippen molar-refractivity contribution in [3.63, 3.8) is 0 Å². The van der Waals surface area contributed by atoms with Gasteiger partial charge in [0.1, 0.15) is 4.90 Å². The van der Waals surface area contributed by atoms with Gasteiger partial charge in [-0.3, -0.25) is 4.79 Å². The van der Waals surface area contributed by atoms with Gasteiger partial charge in [-0.15, -0.1) is 0 Å². The number of rotatable bonds is 5. The average Bonchev–Trinajstić information content (AvgIpc) is 3.05. The van der Waals surface area contributed by atoms with Crippen LogP contribution in [0.15, 0.2) is 81.4 Å². The average molecular weight is 439 g/mol. The fourth-order valence-electron chi connectivity index (χ4n) is 3.00. The number of Topliss-reactive ketones (excluding diaryl/α,β-unsaturated/α-hetero) is 1. The van der Waals surface area contributed by atoms with Gasteiger partial charge in [0, 0.05) is 10.5 Å². The predicted octanol–water partition coefficient (Wildman–Crippen LogP) is 5.10. The van der Waals surface area contributed by atoms with Crippen LogP contribution in [0.1, 0.15) is 21.5 Å². The fourth-order valence-corrected chi connectivity index (χ4v) is 4.99. The Morgan fingerprint density at radius 2 is 1.67 bits per heavy atom. The summed E-state index contributed by atoms with van der Waals surface area (Å²) in [5, 5.41) is 0. The molecule has 152 valence electrons. The third-order valence-electron chi connectivity index (χ3n) is 4.57. The first-order valence-corrected chi connectivity index (χ1v) is 11.3. The van der Waals surface area contributed by atoms with E-state index in [-0.39, 0.29) is 22.2 Å². The van der Waals surface area contributed by atoms with E-state index < -0.39 is 10.1 Å². The number of methoxy groups -OCH3 is 1. The number of carbonyl (C=O) groups is 1. The molecule has 0 unspecified atom stereocenters. The molecule has 3 aromatic rings. The van der Waals surface area contributed by atoms with Gasteiger partial charge in [0.2, 0.25) is 5.78 Å². The number of fused-ring (bicyclic) bond motifs is 1. The van der Waals surface area contributed by atoms with E-state index in [1.54, 1.807) is 36.4 Å². The number of ether oxygens (including phenoxy) is 1. The first kappa shape index (κ1) is 20.3. The van der Waals surface area contributed by atoms with Gasteiger partial charge >= 0.3 is 10.1 Å². The largest absolute Gasteiger partial charge is 0.493 e. The summed E-state index contributed by atoms with van der Waals surface area (Å²) in [5.41, 5.74) is 2.34. The van der Waals surface area contributed by atoms with Crippen molar-refractivity contribution in [2.75, 3.05) is 7.11 Å². The number of aryl methyl sites for hydroxylation is 1. The number of carbonyl (C=O) groups excluding carboxylic acids is 1. The molecule has 0 amide bonds. The van der Waals surface area contributed by atoms with Gasteiger partial charge in [0.15, 0.2) is 11.5 Å². The van der Waals surface area contributed by atoms with E-state index in [0.717, 1.165) is 10.5 Å². The zero-order chi connectivity index (χ0) is 21.3. The molecule has 0 saturated carbocycles. The molecular weight excluding hydrogens is 420 g/mol. The van der Waals surface area contributed by atoms with E-state index >= 15 is 0 Å². The third-order valence-corrected chi connectivity index (χ3v) is 6.92. The molecule has 0 bridgehead atoms. The minimum atomic E-state index is -4.00. The molecule has 3 aromatic carbocycles. The lowest BCUT2D eigenvalue weighted by molar-refractivity contribution is 0.104. The molecule has 7 heteroatoms. The maximum Gasteiger partial charge on any atom is 0.339 e. The van der Waals surface area contributed by atoms with Crippen LogP contribution in [-0.4, -0.2) is 21.3 Å². The van der Waals surface area contributed by atoms with Crippen molar-refractivity contribution in [1.29, 1.82) is 0 Å². The van der Waals surface area contributed by atoms with Crippen molar-refractivity contribution in [2.45, 2.75) is 16.7 Å². The van der Waals surface area contributed by atoms with Gasteiger partial charge in [-0.25, -0.2) is 0 Å². The Morgan fingerprint density at radius 3 is 2.37 bits per heavy atom. The molecule has 0 aromatic heterocycles. The summed E-state index contributed by atoms with van der Waals surface area (Å²) in [6.45, 7) is 1.87. The van der Waals surface area contributed by atoms with Gasteiger partial charge in [-0.05, 0) is 55.0 Å². The van der Waals surface area contributed by atoms with Gasteiger partial charge in [-0.1, -0.05) is 47.7 Å². The molecule has 0 N–H and O–H groups in total. The lowest BCUT2D eigenvalue weighted by Gasteiger charge is -2.11. The Hall–Kier alpha value is -3.03. The smallest absolute Gasteiger partial charge is 0.339 e. The van der Waals surface area contributed by atoms with Crippen molar-refractivity contribution in [2.24, 2.45) is 0 Å². The summed E-state index contributed by atoms with van der Waals surface area (Å²) in [6.07, 6.45) is 1.76. The Kier molecular flexibility index (Phi) is 5.40. The maximum atomic E-state index is 12.6. The normalized spacial score (nSPS) is 14.6. The van der Waals surface area contributed by atoms with E-state index in [0.29, 0.717) is 16.0 Å². The Balaban J connectivity index is 1.61. The molecule has 30 heavy (non-hydrogen) atoms. The lowest BCUT2D eigenvalue weighted by Crippen LogP contribution is -2.10. The predicted molar refractivity (Wildman–Crippen MR) is 117 cm³/mol. The number of thioether (sulfide) groups is 1. The Morgan fingerprint density at radius 1 is 0.933 bits per heavy atom. The van der Waals surface area contributed by atoms with Crippen LogP contribution in [0.5, 0.6) is 11.5 Å². The molecule has 0 radical (unpaired) electrons. The van der Waals surface area contributed by atoms with Crippen molar-refractivity contribution < 1.29 is 22.1 Å². The van der Waals surface area contributed by atoms with Crippen molar-refractivity contribution >= 4 is 33.7 Å². The standard InChI is InChI=1S/C23H18O5S2/c1-15-7-10-17(11-8-15)30(25,26)28-19-12-9-16(13-20(19)27-2)14-22-23(24)18-5-3-4-6-21(18)29-22/h3-14H,1-2H3/b22-14-. The summed E-state index contributed by atoms with van der Waals surface area (Å²) in [6, 6.07) is 18.7. The number of ketones is 1. The zero-order valence-corrected chi connectivity index (χ0v) is 17.9. The highest BCUT2D eigenvalue weighted by molar-refractivity contribution is 8.04. The highest BCUT2D eigenvalue weighted by atomic mass is 32.2. The van der Waals surface area contributed by atoms with Gasteiger partial charge < -0.3 is 8.92 Å². The minimum absolute atomic E-state index is 0.0307. The molecule has 1 heterocycles. The zero-order valence-electron chi connectivity index (χ0n) is 16.3. The van der Waals surface area contributed by atoms with Crippen LogP contribution in [0.2, 0.25) is 0 Å². The van der Waals surface area contributed by atoms with Crippen molar-refractivity contribution in [3.05, 3.63) is 88.3 Å². The van der Waals surface area contributed by atoms with Gasteiger partial charge in [0.05, 0.1) is 12.0 Å². The highest BCUT2D eigenvalue weighted by Crippen LogP contribution is 2.41. The number of hydrogen-bond donors (Lipinski definition) is 0. The monoisotopic (exact) mass is 438 g/mol. The van der Waals surface area contributed by atoms with Gasteiger partial charge in [-0.2, -0.15) is 8.42 Å². The molecule has 1 aliphatic rings. The molecule has 1 aliphatic heterocycles. The summed E-state index contributed by atoms with van der Waals surface area (Å²) in [4.78, 5) is 14.1. The van der Waals surface area contributed by atoms with Gasteiger partial charge in [0.25, 0.3) is 0 Å². The second-order valence-corrected chi connectivity index (χ2v) is 9.33. The molecule has 0 saturated heterocycles. The first-order valence-electron chi connectivity index (χ1n) is 9.10. The van der Waals surface area contributed by atoms with Crippen LogP contribution >= 0.6 is 11.8 Å². The molecule has 4 rings (SSSR count). The second kappa shape index (κ2) is 8.01. The molecule has 0 fully saturated rings. The van der Waals surface area contributed by atoms with E-state index in [2.05, 4.69) is 0 Å². The van der Waals surface area contributed by atoms with Crippen LogP contribution in [0, 0.1) is 6.92 Å². The van der Waals surface area contributed by atoms with Crippen LogP contribution in [-0.2, 0) is 10.1 Å². The highest BCUT2D eigenvalue weighted by Gasteiger charge is 2.25. The Bertz CT molecular complexity index is 1260. The lowest BCUT2D eigenvalue weighted by atomic mass is 10.1. The topological polar surface area (TPSA) is 69.7 Å². The van der Waals surface area contributed by atoms with Crippen LogP contribution in [0.3, 0.4) is 0 Å². The maximum absolute atomic E-state index is 12.6. The van der Waals surface area contributed by atoms with E-state index in [9.17, 15) is 13.2 Å². The Labute approximate surface area is 179 Å². The van der Waals surface area contributed by atoms with E-state index in [1.807, 2.05) is 25.1 Å². The fraction of sp³-hybridized carbons (Fsp3) is 0.0870. The van der Waals surface area contributed by atoms with Crippen LogP contribution in [0.4, 0.5) is 0 Å². The first-order chi connectivity index (χ1) is 14.4. The summed E-state index contributed by atoms with van der Waals surface area (Å²) < 4.78 is 35.8. The van der Waals surface area contributed by atoms with Crippen molar-refractivity contribution in [1.82, 2.24) is 0 Å². The minimum Gasteiger partial charge on any atom is -0.493 e. The number of allylic oxidation sites excluding steroid dienone is 1. The van der Waals surface area contributed by atoms with E-state index in [1.165, 1.54) is 37.1 Å². The number of hydrogen-bond acceptors (Lipinski definition) is 6. The second-order valence-electron chi connectivity index (χ2n) is 6.70. The van der Waals surface area contributed by atoms with Crippen LogP contribution in [0.25, 0.3) is 6.08 Å². The van der Waals surface area contributed by atoms with Crippen LogP contribution < -0.4 is 8.92 Å². The van der Waals surface area contributed by atoms with Crippen molar-refractivity contribution in [3.8, 4) is 11.5 Å². The summed E-state index contributed by atoms with van der Waals surface area (Å²) in [5.74, 6) is 0.304. The summed E-state index contributed by atoms with van der Waals surface area (Å²) in [7, 11) is -2.56. The number of benzene rings is 3. The molecule has 0 aliphatic carbocycles. The third kappa shape index (κ3) is 3.99. The SMILES string of the molecule is COc1cc(/C=C2\Sc3ccccc3C2=O)ccc1OS(=O)(=O)c1ccc(C)cc1. The molecule has 0 atom stereocenters. The summed E-state index contributed by atoms with van der Waals surface area (Å²) >= 11 is 1.41. The quantitative estimate of drug-likeness (QED) is 0.408. The molecule has 0 spiro atoms. The molecule has 5 nitrogen and oxygen atoms in total.